The number of hydrogen-bond donors (Lipinski definition) is 0. The molecule has 0 aliphatic rings. The van der Waals surface area contributed by atoms with Crippen molar-refractivity contribution in [1.82, 2.24) is 0 Å². The number of carbonyl (C=O) groups is 2. The number of carbonyl (C=O) groups excluding carboxylic acids is 2. The van der Waals surface area contributed by atoms with Crippen LogP contribution in [-0.4, -0.2) is 91.7 Å². The Kier molecular flexibility index (Phi) is 22.5. The second-order valence-corrected chi connectivity index (χ2v) is 6.80. The molecule has 0 amide bonds. The van der Waals surface area contributed by atoms with Crippen LogP contribution in [0.4, 0.5) is 0 Å². The van der Waals surface area contributed by atoms with E-state index < -0.39 is 0 Å². The quantitative estimate of drug-likeness (QED) is 0.172. The second kappa shape index (κ2) is 23.4. The molecule has 0 saturated heterocycles. The lowest BCUT2D eigenvalue weighted by Crippen LogP contribution is -2.20. The third kappa shape index (κ3) is 20.4. The monoisotopic (exact) mass is 450 g/mol. The molecule has 31 heavy (non-hydrogen) atoms. The first-order chi connectivity index (χ1) is 15.2. The zero-order chi connectivity index (χ0) is 23.0. The molecule has 0 bridgehead atoms. The molecule has 1 unspecified atom stereocenters. The van der Waals surface area contributed by atoms with E-state index in [1.165, 1.54) is 7.11 Å². The summed E-state index contributed by atoms with van der Waals surface area (Å²) in [5.74, 6) is -0.407. The fourth-order valence-electron chi connectivity index (χ4n) is 2.50. The molecule has 0 aromatic carbocycles. The van der Waals surface area contributed by atoms with Gasteiger partial charge in [-0.3, -0.25) is 9.59 Å². The number of esters is 2. The van der Waals surface area contributed by atoms with Crippen molar-refractivity contribution in [3.8, 4) is 0 Å². The van der Waals surface area contributed by atoms with Gasteiger partial charge in [0, 0.05) is 0 Å². The number of methoxy groups -OCH3 is 1. The topological polar surface area (TPSA) is 98.8 Å². The molecule has 0 fully saturated rings. The molecular weight excluding hydrogens is 408 g/mol. The Hall–Kier alpha value is -1.26. The van der Waals surface area contributed by atoms with Crippen molar-refractivity contribution in [1.29, 1.82) is 0 Å². The predicted molar refractivity (Wildman–Crippen MR) is 115 cm³/mol. The molecule has 0 aromatic rings. The lowest BCUT2D eigenvalue weighted by Gasteiger charge is -2.13. The van der Waals surface area contributed by atoms with E-state index in [2.05, 4.69) is 11.7 Å². The van der Waals surface area contributed by atoms with Crippen LogP contribution in [0.5, 0.6) is 0 Å². The summed E-state index contributed by atoms with van der Waals surface area (Å²) in [5.41, 5.74) is 0. The van der Waals surface area contributed by atoms with Crippen molar-refractivity contribution in [2.75, 3.05) is 79.8 Å². The second-order valence-electron chi connectivity index (χ2n) is 6.80. The lowest BCUT2D eigenvalue weighted by atomic mass is 10.00. The highest BCUT2D eigenvalue weighted by Gasteiger charge is 2.16. The van der Waals surface area contributed by atoms with Crippen LogP contribution in [-0.2, 0) is 42.7 Å². The minimum atomic E-state index is -0.285. The van der Waals surface area contributed by atoms with Gasteiger partial charge in [0.05, 0.1) is 85.5 Å². The van der Waals surface area contributed by atoms with Gasteiger partial charge < -0.3 is 33.2 Å². The molecule has 9 nitrogen and oxygen atoms in total. The summed E-state index contributed by atoms with van der Waals surface area (Å²) in [6.07, 6.45) is 4.09. The van der Waals surface area contributed by atoms with Crippen molar-refractivity contribution < 1.29 is 42.7 Å². The summed E-state index contributed by atoms with van der Waals surface area (Å²) in [5, 5.41) is 0. The smallest absolute Gasteiger partial charge is 0.308 e. The maximum Gasteiger partial charge on any atom is 0.308 e. The molecule has 9 heteroatoms. The van der Waals surface area contributed by atoms with E-state index in [0.717, 1.165) is 25.7 Å². The Morgan fingerprint density at radius 2 is 1.13 bits per heavy atom. The molecule has 0 heterocycles. The minimum Gasteiger partial charge on any atom is -0.469 e. The van der Waals surface area contributed by atoms with E-state index in [9.17, 15) is 9.59 Å². The summed E-state index contributed by atoms with van der Waals surface area (Å²) in [6, 6.07) is 0. The predicted octanol–water partition coefficient (Wildman–Crippen LogP) is 2.39. The number of rotatable bonds is 23. The summed E-state index contributed by atoms with van der Waals surface area (Å²) >= 11 is 0. The lowest BCUT2D eigenvalue weighted by molar-refractivity contribution is -0.150. The van der Waals surface area contributed by atoms with Crippen LogP contribution in [0.3, 0.4) is 0 Å². The van der Waals surface area contributed by atoms with Crippen molar-refractivity contribution in [2.24, 2.45) is 5.92 Å². The number of ether oxygens (including phenoxy) is 7. The maximum absolute atomic E-state index is 11.9. The van der Waals surface area contributed by atoms with Crippen molar-refractivity contribution in [2.45, 2.75) is 46.0 Å². The van der Waals surface area contributed by atoms with Crippen molar-refractivity contribution in [3.05, 3.63) is 0 Å². The molecule has 0 spiro atoms. The van der Waals surface area contributed by atoms with E-state index >= 15 is 0 Å². The van der Waals surface area contributed by atoms with Gasteiger partial charge in [-0.1, -0.05) is 26.7 Å². The minimum absolute atomic E-state index is 0.0000468. The number of unbranched alkanes of at least 4 members (excludes halogenated alkanes) is 1. The summed E-state index contributed by atoms with van der Waals surface area (Å²) in [7, 11) is 1.35. The molecule has 0 rings (SSSR count). The van der Waals surface area contributed by atoms with E-state index in [-0.39, 0.29) is 30.9 Å². The Labute approximate surface area is 187 Å². The van der Waals surface area contributed by atoms with Gasteiger partial charge in [-0.25, -0.2) is 0 Å². The van der Waals surface area contributed by atoms with Crippen LogP contribution in [0.15, 0.2) is 0 Å². The van der Waals surface area contributed by atoms with Gasteiger partial charge in [0.1, 0.15) is 6.61 Å². The van der Waals surface area contributed by atoms with Gasteiger partial charge in [-0.15, -0.1) is 0 Å². The van der Waals surface area contributed by atoms with E-state index in [0.29, 0.717) is 66.1 Å². The average Bonchev–Trinajstić information content (AvgIpc) is 2.78. The van der Waals surface area contributed by atoms with E-state index in [1.807, 2.05) is 6.92 Å². The molecule has 0 aromatic heterocycles. The first kappa shape index (κ1) is 29.7. The third-order valence-electron chi connectivity index (χ3n) is 4.37. The molecule has 0 saturated carbocycles. The standard InChI is InChI=1S/C22H42O9/c1-4-6-7-20(5-2)22(24)31-19-18-30-17-16-29-15-14-28-13-12-27-11-10-26-9-8-21(23)25-3/h20H,4-19H2,1-3H3. The fraction of sp³-hybridized carbons (Fsp3) is 0.909. The third-order valence-corrected chi connectivity index (χ3v) is 4.37. The highest BCUT2D eigenvalue weighted by atomic mass is 16.6. The fourth-order valence-corrected chi connectivity index (χ4v) is 2.50. The van der Waals surface area contributed by atoms with Crippen LogP contribution >= 0.6 is 0 Å². The molecular formula is C22H42O9. The normalized spacial score (nSPS) is 12.0. The Morgan fingerprint density at radius 3 is 1.55 bits per heavy atom. The largest absolute Gasteiger partial charge is 0.469 e. The molecule has 0 N–H and O–H groups in total. The van der Waals surface area contributed by atoms with Gasteiger partial charge in [0.2, 0.25) is 0 Å². The molecule has 0 aliphatic carbocycles. The number of hydrogen-bond acceptors (Lipinski definition) is 9. The van der Waals surface area contributed by atoms with Gasteiger partial charge >= 0.3 is 11.9 Å². The van der Waals surface area contributed by atoms with Gasteiger partial charge in [0.25, 0.3) is 0 Å². The van der Waals surface area contributed by atoms with Crippen molar-refractivity contribution in [3.63, 3.8) is 0 Å². The SMILES string of the molecule is CCCCC(CC)C(=O)OCCOCCOCCOCCOCCOCCC(=O)OC. The Balaban J connectivity index is 3.25. The molecule has 0 radical (unpaired) electrons. The highest BCUT2D eigenvalue weighted by molar-refractivity contribution is 5.72. The van der Waals surface area contributed by atoms with Gasteiger partial charge in [-0.05, 0) is 12.8 Å². The molecule has 184 valence electrons. The van der Waals surface area contributed by atoms with E-state index in [1.54, 1.807) is 0 Å². The van der Waals surface area contributed by atoms with E-state index in [4.69, 9.17) is 28.4 Å². The summed E-state index contributed by atoms with van der Waals surface area (Å²) < 4.78 is 36.5. The maximum atomic E-state index is 11.9. The van der Waals surface area contributed by atoms with Crippen LogP contribution in [0.25, 0.3) is 0 Å². The molecule has 1 atom stereocenters. The highest BCUT2D eigenvalue weighted by Crippen LogP contribution is 2.14. The first-order valence-corrected chi connectivity index (χ1v) is 11.3. The first-order valence-electron chi connectivity index (χ1n) is 11.3. The van der Waals surface area contributed by atoms with Gasteiger partial charge in [-0.2, -0.15) is 0 Å². The average molecular weight is 451 g/mol. The Morgan fingerprint density at radius 1 is 0.677 bits per heavy atom. The zero-order valence-corrected chi connectivity index (χ0v) is 19.6. The van der Waals surface area contributed by atoms with Crippen LogP contribution in [0, 0.1) is 5.92 Å². The Bertz CT molecular complexity index is 418. The molecule has 0 aliphatic heterocycles. The summed E-state index contributed by atoms with van der Waals surface area (Å²) in [6.45, 7) is 8.81. The van der Waals surface area contributed by atoms with Gasteiger partial charge in [0.15, 0.2) is 0 Å². The van der Waals surface area contributed by atoms with Crippen LogP contribution in [0.2, 0.25) is 0 Å². The summed E-state index contributed by atoms with van der Waals surface area (Å²) in [4.78, 5) is 22.8. The zero-order valence-electron chi connectivity index (χ0n) is 19.6. The van der Waals surface area contributed by atoms with Crippen LogP contribution < -0.4 is 0 Å². The van der Waals surface area contributed by atoms with Crippen LogP contribution in [0.1, 0.15) is 46.0 Å². The van der Waals surface area contributed by atoms with Crippen molar-refractivity contribution >= 4 is 11.9 Å².